The fraction of sp³-hybridized carbons (Fsp3) is 0.462. The molecule has 0 saturated heterocycles. The number of nitrogens with one attached hydrogen (secondary N) is 2. The largest absolute Gasteiger partial charge is 0.510 e. The van der Waals surface area contributed by atoms with Crippen molar-refractivity contribution in [2.24, 2.45) is 5.92 Å². The van der Waals surface area contributed by atoms with Crippen LogP contribution in [-0.4, -0.2) is 161 Å². The first-order valence-corrected chi connectivity index (χ1v) is 35.7. The number of cyclic esters (lactones) is 1. The summed E-state index contributed by atoms with van der Waals surface area (Å²) in [5.41, 5.74) is 3.05. The van der Waals surface area contributed by atoms with Crippen LogP contribution in [0.25, 0.3) is 32.9 Å². The number of unbranched alkanes of at least 4 members (excludes halogenated alkanes) is 1. The number of carbonyl (C=O) groups excluding carboxylic acids is 6. The van der Waals surface area contributed by atoms with Gasteiger partial charge in [-0.3, -0.25) is 24.0 Å². The van der Waals surface area contributed by atoms with E-state index in [4.69, 9.17) is 30.0 Å². The van der Waals surface area contributed by atoms with E-state index in [9.17, 15) is 50.4 Å². The molecule has 7 heterocycles. The number of para-hydroxylation sites is 1. The maximum absolute atomic E-state index is 14.4. The van der Waals surface area contributed by atoms with Gasteiger partial charge in [0.15, 0.2) is 17.3 Å². The lowest BCUT2D eigenvalue weighted by Gasteiger charge is -2.35. The number of aryl methyl sites for hydroxylation is 1. The number of pyridine rings is 2. The Morgan fingerprint density at radius 3 is 2.41 bits per heavy atom. The van der Waals surface area contributed by atoms with Crippen LogP contribution in [0.2, 0.25) is 0 Å². The number of anilines is 1. The van der Waals surface area contributed by atoms with Gasteiger partial charge in [-0.1, -0.05) is 55.8 Å². The third kappa shape index (κ3) is 17.9. The van der Waals surface area contributed by atoms with Gasteiger partial charge >= 0.3 is 12.1 Å². The molecule has 506 valence electrons. The number of amides is 1. The average Bonchev–Trinajstić information content (AvgIpc) is 1.49. The van der Waals surface area contributed by atoms with Gasteiger partial charge in [0, 0.05) is 110 Å². The molecule has 9 rings (SSSR count). The number of thiazole rings is 1. The van der Waals surface area contributed by atoms with E-state index in [0.29, 0.717) is 103 Å². The zero-order valence-electron chi connectivity index (χ0n) is 54.5. The van der Waals surface area contributed by atoms with Gasteiger partial charge in [0.2, 0.25) is 36.5 Å². The lowest BCUT2D eigenvalue weighted by molar-refractivity contribution is -0.175. The standard InChI is InChI=1S/C65H77N11O16S3/c1-7-65(53-31-56-58-51(35-75(56)61(81)52(53)39-90-62(65)82)49(50-16-9-10-17-54(50)70-58)24-26-76(41(3)4)95(6,86)87)92-64(83)91-36-42-18-20-45(21-19-42)69-59(80)43(14-11-12-25-66-8-2)30-48(78)38-89-37-47(77)15-13-28-88-29-27-74-34-46(72-73-74)22-23-57(79)55-40-93-60(71-55)44-32-67-63(68-33-44)94(5,84)85/h9-10,16-21,31-34,40-41,43,66H,7-8,11-15,22-30,35-39H2,1-6H3,(H,69,80)/t43-,65+/m1/s1/i2T. The molecule has 0 fully saturated rings. The summed E-state index contributed by atoms with van der Waals surface area (Å²) >= 11 is 1.22. The molecule has 30 heteroatoms. The number of ketones is 3. The molecule has 1 amide bonds. The Labute approximate surface area is 555 Å². The van der Waals surface area contributed by atoms with Gasteiger partial charge in [0.1, 0.15) is 37.1 Å². The second-order valence-corrected chi connectivity index (χ2v) is 28.1. The van der Waals surface area contributed by atoms with Gasteiger partial charge in [-0.2, -0.15) is 4.31 Å². The fourth-order valence-electron chi connectivity index (χ4n) is 11.3. The van der Waals surface area contributed by atoms with Crippen molar-refractivity contribution < 1.29 is 70.7 Å². The molecule has 95 heavy (non-hydrogen) atoms. The molecule has 0 bridgehead atoms. The number of Topliss-reactive ketones (excluding diaryl/α,β-unsaturated/α-hetero) is 3. The number of nitrogens with zero attached hydrogens (tertiary/aromatic N) is 9. The van der Waals surface area contributed by atoms with Crippen molar-refractivity contribution in [1.82, 2.24) is 49.1 Å². The quantitative estimate of drug-likeness (QED) is 0.0177. The van der Waals surface area contributed by atoms with Crippen molar-refractivity contribution in [2.75, 3.05) is 63.9 Å². The van der Waals surface area contributed by atoms with Crippen LogP contribution in [0.1, 0.15) is 124 Å². The van der Waals surface area contributed by atoms with Crippen LogP contribution in [-0.2, 0) is 107 Å². The lowest BCUT2D eigenvalue weighted by atomic mass is 9.85. The predicted octanol–water partition coefficient (Wildman–Crippen LogP) is 6.75. The fourth-order valence-corrected chi connectivity index (χ4v) is 13.8. The van der Waals surface area contributed by atoms with E-state index in [1.807, 2.05) is 24.3 Å². The third-order valence-corrected chi connectivity index (χ3v) is 19.4. The molecule has 0 radical (unpaired) electrons. The third-order valence-electron chi connectivity index (χ3n) is 16.2. The highest BCUT2D eigenvalue weighted by molar-refractivity contribution is 7.90. The van der Waals surface area contributed by atoms with Crippen LogP contribution in [0.15, 0.2) is 88.5 Å². The number of esters is 1. The molecule has 2 aromatic carbocycles. The summed E-state index contributed by atoms with van der Waals surface area (Å²) in [5, 5.41) is 16.9. The normalized spacial score (nSPS) is 14.9. The summed E-state index contributed by atoms with van der Waals surface area (Å²) < 4.78 is 89.0. The zero-order chi connectivity index (χ0) is 68.7. The molecule has 2 N–H and O–H groups in total. The molecule has 27 nitrogen and oxygen atoms in total. The van der Waals surface area contributed by atoms with Crippen LogP contribution in [0.3, 0.4) is 0 Å². The first kappa shape index (κ1) is 69.4. The van der Waals surface area contributed by atoms with Crippen molar-refractivity contribution in [1.29, 1.82) is 0 Å². The number of fused-ring (bicyclic) bond motifs is 5. The van der Waals surface area contributed by atoms with Crippen molar-refractivity contribution in [3.8, 4) is 22.0 Å². The molecule has 0 unspecified atom stereocenters. The molecule has 0 aliphatic carbocycles. The first-order valence-electron chi connectivity index (χ1n) is 31.8. The van der Waals surface area contributed by atoms with Gasteiger partial charge in [0.05, 0.1) is 54.1 Å². The number of hydrogen-bond donors (Lipinski definition) is 2. The SMILES string of the molecule is [3H]CCNCCCC[C@H](CC(=O)COCC(=O)CCCOCCn1cc(CCC(=O)c2csc(-c3cnc(S(C)(=O)=O)nc3)n2)nn1)C(=O)Nc1ccc(COC(=O)O[C@]2(CC)C(=O)OCc3c2cc2n(c3=O)Cc3c-2nc2ccccc2c3CCN(C(C)C)S(C)(=O)=O)cc1. The van der Waals surface area contributed by atoms with Gasteiger partial charge in [-0.15, -0.1) is 16.4 Å². The maximum atomic E-state index is 14.4. The minimum Gasteiger partial charge on any atom is -0.457 e. The van der Waals surface area contributed by atoms with E-state index in [0.717, 1.165) is 22.8 Å². The Kier molecular flexibility index (Phi) is 23.3. The molecule has 5 aromatic heterocycles. The Balaban J connectivity index is 0.715. The molecule has 2 aliphatic rings. The molecule has 0 spiro atoms. The van der Waals surface area contributed by atoms with Crippen molar-refractivity contribution in [3.63, 3.8) is 0 Å². The van der Waals surface area contributed by atoms with Crippen molar-refractivity contribution >= 4 is 83.2 Å². The second-order valence-electron chi connectivity index (χ2n) is 23.4. The number of rotatable bonds is 36. The maximum Gasteiger partial charge on any atom is 0.510 e. The Morgan fingerprint density at radius 2 is 1.67 bits per heavy atom. The molecular weight excluding hydrogens is 1290 g/mol. The Bertz CT molecular complexity index is 4280. The smallest absolute Gasteiger partial charge is 0.457 e. The summed E-state index contributed by atoms with van der Waals surface area (Å²) in [6, 6.07) is 15.2. The molecule has 2 atom stereocenters. The van der Waals surface area contributed by atoms with Gasteiger partial charge in [-0.25, -0.2) is 51.0 Å². The van der Waals surface area contributed by atoms with Crippen LogP contribution >= 0.6 is 11.3 Å². The summed E-state index contributed by atoms with van der Waals surface area (Å²) in [7, 11) is -7.10. The highest BCUT2D eigenvalue weighted by Crippen LogP contribution is 2.42. The summed E-state index contributed by atoms with van der Waals surface area (Å²) in [5.74, 6) is -2.83. The van der Waals surface area contributed by atoms with Crippen molar-refractivity contribution in [3.05, 3.63) is 128 Å². The Hall–Kier alpha value is -8.39. The zero-order valence-corrected chi connectivity index (χ0v) is 55.9. The Morgan fingerprint density at radius 1 is 0.905 bits per heavy atom. The lowest BCUT2D eigenvalue weighted by Crippen LogP contribution is -2.47. The molecule has 2 aliphatic heterocycles. The van der Waals surface area contributed by atoms with Crippen LogP contribution in [0, 0.1) is 5.92 Å². The topological polar surface area (TPSA) is 348 Å². The van der Waals surface area contributed by atoms with E-state index in [1.165, 1.54) is 34.3 Å². The first-order chi connectivity index (χ1) is 46.0. The predicted molar refractivity (Wildman–Crippen MR) is 349 cm³/mol. The minimum atomic E-state index is -3.56. The van der Waals surface area contributed by atoms with E-state index in [1.54, 1.807) is 71.9 Å². The summed E-state index contributed by atoms with van der Waals surface area (Å²) in [4.78, 5) is 112. The van der Waals surface area contributed by atoms with Crippen molar-refractivity contribution in [2.45, 2.75) is 135 Å². The number of aromatic nitrogens is 8. The van der Waals surface area contributed by atoms with E-state index < -0.39 is 55.0 Å². The van der Waals surface area contributed by atoms with Gasteiger partial charge in [-0.05, 0) is 94.4 Å². The second kappa shape index (κ2) is 31.9. The van der Waals surface area contributed by atoms with E-state index >= 15 is 0 Å². The van der Waals surface area contributed by atoms with E-state index in [-0.39, 0.29) is 131 Å². The average molecular weight is 1370 g/mol. The highest BCUT2D eigenvalue weighted by atomic mass is 32.2. The van der Waals surface area contributed by atoms with Crippen LogP contribution in [0.5, 0.6) is 0 Å². The number of carbonyl (C=O) groups is 6. The number of benzene rings is 2. The van der Waals surface area contributed by atoms with Gasteiger partial charge in [0.25, 0.3) is 5.56 Å². The molecule has 0 saturated carbocycles. The summed E-state index contributed by atoms with van der Waals surface area (Å²) in [6.45, 7) is 6.54. The minimum absolute atomic E-state index is 0.117. The molecule has 7 aromatic rings. The number of hydrogen-bond acceptors (Lipinski definition) is 24. The van der Waals surface area contributed by atoms with Gasteiger partial charge < -0.3 is 38.9 Å². The van der Waals surface area contributed by atoms with E-state index in [2.05, 4.69) is 35.9 Å². The highest BCUT2D eigenvalue weighted by Gasteiger charge is 2.51. The number of sulfone groups is 1. The van der Waals surface area contributed by atoms with Crippen LogP contribution < -0.4 is 16.2 Å². The monoisotopic (exact) mass is 1370 g/mol. The number of sulfonamides is 1. The molecular formula is C65H77N11O16S3. The summed E-state index contributed by atoms with van der Waals surface area (Å²) in [6.07, 6.45) is 8.16. The number of ether oxygens (including phenoxy) is 5. The van der Waals surface area contributed by atoms with Crippen LogP contribution in [0.4, 0.5) is 10.5 Å².